The van der Waals surface area contributed by atoms with Gasteiger partial charge < -0.3 is 5.32 Å². The highest BCUT2D eigenvalue weighted by atomic mass is 79.9. The summed E-state index contributed by atoms with van der Waals surface area (Å²) in [4.78, 5) is 15.0. The molecule has 1 amide bonds. The van der Waals surface area contributed by atoms with Crippen molar-refractivity contribution < 1.29 is 4.79 Å². The summed E-state index contributed by atoms with van der Waals surface area (Å²) >= 11 is 14.3. The van der Waals surface area contributed by atoms with Crippen LogP contribution < -0.4 is 5.32 Å². The molecule has 0 aliphatic heterocycles. The fourth-order valence-electron chi connectivity index (χ4n) is 0.799. The molecule has 6 heteroatoms. The van der Waals surface area contributed by atoms with Crippen molar-refractivity contribution in [2.45, 2.75) is 6.42 Å². The van der Waals surface area contributed by atoms with Gasteiger partial charge in [0.1, 0.15) is 5.15 Å². The van der Waals surface area contributed by atoms with E-state index in [2.05, 4.69) is 26.2 Å². The number of carbonyl (C=O) groups is 1. The first-order chi connectivity index (χ1) is 6.63. The van der Waals surface area contributed by atoms with Gasteiger partial charge in [0, 0.05) is 12.3 Å². The number of rotatable bonds is 3. The minimum atomic E-state index is -0.143. The van der Waals surface area contributed by atoms with E-state index in [0.29, 0.717) is 21.2 Å². The third kappa shape index (κ3) is 3.44. The Morgan fingerprint density at radius 2 is 2.36 bits per heavy atom. The van der Waals surface area contributed by atoms with E-state index in [4.69, 9.17) is 23.2 Å². The number of carbonyl (C=O) groups excluding carboxylic acids is 1. The lowest BCUT2D eigenvalue weighted by Gasteiger charge is -2.04. The molecule has 0 aromatic carbocycles. The number of halogens is 3. The van der Waals surface area contributed by atoms with Crippen LogP contribution in [0, 0.1) is 0 Å². The molecule has 76 valence electrons. The molecule has 0 radical (unpaired) electrons. The monoisotopic (exact) mass is 296 g/mol. The SMILES string of the molecule is O=C(CCCl)Nc1cnc(Cl)c(Br)c1. The number of anilines is 1. The zero-order chi connectivity index (χ0) is 10.6. The lowest BCUT2D eigenvalue weighted by molar-refractivity contribution is -0.115. The Bertz CT molecular complexity index is 346. The number of amides is 1. The standard InChI is InChI=1S/C8H7BrCl2N2O/c9-6-3-5(4-12-8(6)11)13-7(14)1-2-10/h3-4H,1-2H2,(H,13,14). The van der Waals surface area contributed by atoms with Crippen LogP contribution in [0.3, 0.4) is 0 Å². The summed E-state index contributed by atoms with van der Waals surface area (Å²) < 4.78 is 0.642. The first-order valence-electron chi connectivity index (χ1n) is 3.80. The van der Waals surface area contributed by atoms with Gasteiger partial charge >= 0.3 is 0 Å². The molecule has 0 bridgehead atoms. The molecule has 0 aliphatic rings. The molecule has 0 atom stereocenters. The molecule has 0 saturated carbocycles. The van der Waals surface area contributed by atoms with Gasteiger partial charge in [0.05, 0.1) is 16.4 Å². The minimum absolute atomic E-state index is 0.143. The van der Waals surface area contributed by atoms with E-state index in [1.54, 1.807) is 6.07 Å². The van der Waals surface area contributed by atoms with Crippen molar-refractivity contribution in [1.82, 2.24) is 4.98 Å². The zero-order valence-electron chi connectivity index (χ0n) is 7.06. The molecule has 1 rings (SSSR count). The van der Waals surface area contributed by atoms with Crippen molar-refractivity contribution >= 4 is 50.7 Å². The van der Waals surface area contributed by atoms with Crippen LogP contribution >= 0.6 is 39.1 Å². The van der Waals surface area contributed by atoms with E-state index in [-0.39, 0.29) is 12.3 Å². The Hall–Kier alpha value is -0.320. The Labute approximate surface area is 99.9 Å². The predicted molar refractivity (Wildman–Crippen MR) is 60.9 cm³/mol. The number of aromatic nitrogens is 1. The summed E-state index contributed by atoms with van der Waals surface area (Å²) in [6.45, 7) is 0. The van der Waals surface area contributed by atoms with Crippen LogP contribution in [0.1, 0.15) is 6.42 Å². The molecule has 0 unspecified atom stereocenters. The molecule has 0 fully saturated rings. The first kappa shape index (κ1) is 11.8. The molecule has 3 nitrogen and oxygen atoms in total. The average Bonchev–Trinajstić information content (AvgIpc) is 2.12. The summed E-state index contributed by atoms with van der Waals surface area (Å²) in [7, 11) is 0. The second-order valence-corrected chi connectivity index (χ2v) is 4.07. The van der Waals surface area contributed by atoms with Crippen molar-refractivity contribution in [2.24, 2.45) is 0 Å². The van der Waals surface area contributed by atoms with Gasteiger partial charge in [-0.15, -0.1) is 11.6 Å². The van der Waals surface area contributed by atoms with E-state index in [9.17, 15) is 4.79 Å². The van der Waals surface area contributed by atoms with Crippen LogP contribution in [0.5, 0.6) is 0 Å². The maximum atomic E-state index is 11.1. The third-order valence-corrected chi connectivity index (χ3v) is 2.72. The van der Waals surface area contributed by atoms with Crippen molar-refractivity contribution in [1.29, 1.82) is 0 Å². The molecular formula is C8H7BrCl2N2O. The van der Waals surface area contributed by atoms with Gasteiger partial charge in [-0.25, -0.2) is 4.98 Å². The van der Waals surface area contributed by atoms with Gasteiger partial charge in [0.25, 0.3) is 0 Å². The summed E-state index contributed by atoms with van der Waals surface area (Å²) in [6, 6.07) is 1.68. The molecule has 0 spiro atoms. The van der Waals surface area contributed by atoms with Gasteiger partial charge in [-0.1, -0.05) is 11.6 Å². The van der Waals surface area contributed by atoms with Crippen molar-refractivity contribution in [2.75, 3.05) is 11.2 Å². The van der Waals surface area contributed by atoms with Crippen molar-refractivity contribution in [3.8, 4) is 0 Å². The molecule has 1 aromatic rings. The Kier molecular flexibility index (Phi) is 4.65. The molecule has 1 N–H and O–H groups in total. The molecule has 0 aliphatic carbocycles. The van der Waals surface area contributed by atoms with Crippen LogP contribution in [-0.4, -0.2) is 16.8 Å². The highest BCUT2D eigenvalue weighted by molar-refractivity contribution is 9.10. The van der Waals surface area contributed by atoms with Gasteiger partial charge in [-0.3, -0.25) is 4.79 Å². The predicted octanol–water partition coefficient (Wildman–Crippen LogP) is 3.06. The smallest absolute Gasteiger partial charge is 0.225 e. The lowest BCUT2D eigenvalue weighted by atomic mass is 10.4. The van der Waals surface area contributed by atoms with E-state index < -0.39 is 0 Å². The number of nitrogens with one attached hydrogen (secondary N) is 1. The van der Waals surface area contributed by atoms with Gasteiger partial charge in [-0.2, -0.15) is 0 Å². The highest BCUT2D eigenvalue weighted by Gasteiger charge is 2.04. The molecule has 14 heavy (non-hydrogen) atoms. The normalized spacial score (nSPS) is 9.93. The van der Waals surface area contributed by atoms with E-state index in [0.717, 1.165) is 0 Å². The minimum Gasteiger partial charge on any atom is -0.325 e. The number of alkyl halides is 1. The summed E-state index contributed by atoms with van der Waals surface area (Å²) in [5.41, 5.74) is 0.594. The second kappa shape index (κ2) is 5.53. The lowest BCUT2D eigenvalue weighted by Crippen LogP contribution is -2.11. The van der Waals surface area contributed by atoms with Crippen LogP contribution in [0.4, 0.5) is 5.69 Å². The van der Waals surface area contributed by atoms with Crippen molar-refractivity contribution in [3.05, 3.63) is 21.9 Å². The molecule has 1 aromatic heterocycles. The van der Waals surface area contributed by atoms with Gasteiger partial charge in [-0.05, 0) is 22.0 Å². The summed E-state index contributed by atoms with van der Waals surface area (Å²) in [6.07, 6.45) is 1.76. The van der Waals surface area contributed by atoms with Gasteiger partial charge in [0.2, 0.25) is 5.91 Å². The summed E-state index contributed by atoms with van der Waals surface area (Å²) in [5.74, 6) is 0.157. The second-order valence-electron chi connectivity index (χ2n) is 2.48. The van der Waals surface area contributed by atoms with E-state index in [1.165, 1.54) is 6.20 Å². The largest absolute Gasteiger partial charge is 0.325 e. The fraction of sp³-hybridized carbons (Fsp3) is 0.250. The Morgan fingerprint density at radius 3 is 2.93 bits per heavy atom. The average molecular weight is 298 g/mol. The Balaban J connectivity index is 2.68. The maximum absolute atomic E-state index is 11.1. The van der Waals surface area contributed by atoms with E-state index in [1.807, 2.05) is 0 Å². The fourth-order valence-corrected chi connectivity index (χ4v) is 1.42. The number of pyridine rings is 1. The Morgan fingerprint density at radius 1 is 1.64 bits per heavy atom. The van der Waals surface area contributed by atoms with Crippen LogP contribution in [-0.2, 0) is 4.79 Å². The quantitative estimate of drug-likeness (QED) is 0.688. The van der Waals surface area contributed by atoms with Crippen LogP contribution in [0.2, 0.25) is 5.15 Å². The zero-order valence-corrected chi connectivity index (χ0v) is 10.2. The third-order valence-electron chi connectivity index (χ3n) is 1.40. The van der Waals surface area contributed by atoms with Crippen LogP contribution in [0.25, 0.3) is 0 Å². The number of hydrogen-bond acceptors (Lipinski definition) is 2. The highest BCUT2D eigenvalue weighted by Crippen LogP contribution is 2.22. The van der Waals surface area contributed by atoms with Crippen LogP contribution in [0.15, 0.2) is 16.7 Å². The number of hydrogen-bond donors (Lipinski definition) is 1. The molecular weight excluding hydrogens is 291 g/mol. The maximum Gasteiger partial charge on any atom is 0.225 e. The molecule has 1 heterocycles. The van der Waals surface area contributed by atoms with E-state index >= 15 is 0 Å². The summed E-state index contributed by atoms with van der Waals surface area (Å²) in [5, 5.41) is 3.00. The molecule has 0 saturated heterocycles. The first-order valence-corrected chi connectivity index (χ1v) is 5.51. The van der Waals surface area contributed by atoms with Gasteiger partial charge in [0.15, 0.2) is 0 Å². The van der Waals surface area contributed by atoms with Crippen molar-refractivity contribution in [3.63, 3.8) is 0 Å². The topological polar surface area (TPSA) is 42.0 Å². The number of nitrogens with zero attached hydrogens (tertiary/aromatic N) is 1.